The summed E-state index contributed by atoms with van der Waals surface area (Å²) in [5, 5.41) is 5.18. The third-order valence-electron chi connectivity index (χ3n) is 2.52. The highest BCUT2D eigenvalue weighted by Crippen LogP contribution is 2.16. The molecule has 0 aliphatic rings. The van der Waals surface area contributed by atoms with E-state index in [0.29, 0.717) is 5.69 Å². The molecule has 2 rings (SSSR count). The van der Waals surface area contributed by atoms with Crippen LogP contribution in [0.15, 0.2) is 46.9 Å². The van der Waals surface area contributed by atoms with Crippen LogP contribution in [0.5, 0.6) is 0 Å². The first-order valence-corrected chi connectivity index (χ1v) is 6.59. The summed E-state index contributed by atoms with van der Waals surface area (Å²) in [5.74, 6) is -2.30. The second kappa shape index (κ2) is 6.47. The Labute approximate surface area is 123 Å². The normalized spacial score (nSPS) is 10.2. The van der Waals surface area contributed by atoms with Gasteiger partial charge >= 0.3 is 0 Å². The number of hydrogen-bond donors (Lipinski definition) is 2. The highest BCUT2D eigenvalue weighted by Gasteiger charge is 2.08. The Morgan fingerprint density at radius 1 is 1.10 bits per heavy atom. The van der Waals surface area contributed by atoms with E-state index >= 15 is 0 Å². The molecule has 0 aromatic heterocycles. The van der Waals surface area contributed by atoms with Gasteiger partial charge in [-0.15, -0.1) is 0 Å². The van der Waals surface area contributed by atoms with Gasteiger partial charge in [0.25, 0.3) is 0 Å². The maximum absolute atomic E-state index is 13.3. The third-order valence-corrected chi connectivity index (χ3v) is 3.05. The van der Waals surface area contributed by atoms with Crippen LogP contribution in [0, 0.1) is 11.6 Å². The molecule has 2 aromatic carbocycles. The first-order chi connectivity index (χ1) is 9.56. The third kappa shape index (κ3) is 3.77. The van der Waals surface area contributed by atoms with E-state index in [1.54, 1.807) is 24.3 Å². The van der Waals surface area contributed by atoms with Gasteiger partial charge in [0.15, 0.2) is 11.6 Å². The van der Waals surface area contributed by atoms with Gasteiger partial charge in [0.1, 0.15) is 0 Å². The fourth-order valence-corrected chi connectivity index (χ4v) is 1.82. The standard InChI is InChI=1S/C14H11BrF2N2O/c15-9-4-6-10(7-5-9)19-13(20)8-18-12-3-1-2-11(16)14(12)17/h1-7,18H,8H2,(H,19,20). The maximum Gasteiger partial charge on any atom is 0.243 e. The quantitative estimate of drug-likeness (QED) is 0.889. The van der Waals surface area contributed by atoms with Gasteiger partial charge in [-0.3, -0.25) is 4.79 Å². The number of benzene rings is 2. The van der Waals surface area contributed by atoms with Crippen LogP contribution in [0.25, 0.3) is 0 Å². The van der Waals surface area contributed by atoms with Crippen molar-refractivity contribution in [1.29, 1.82) is 0 Å². The Balaban J connectivity index is 1.92. The predicted octanol–water partition coefficient (Wildman–Crippen LogP) is 3.78. The minimum Gasteiger partial charge on any atom is -0.374 e. The molecule has 0 saturated carbocycles. The van der Waals surface area contributed by atoms with E-state index < -0.39 is 11.6 Å². The van der Waals surface area contributed by atoms with E-state index in [2.05, 4.69) is 26.6 Å². The van der Waals surface area contributed by atoms with Crippen molar-refractivity contribution in [2.45, 2.75) is 0 Å². The molecule has 0 atom stereocenters. The van der Waals surface area contributed by atoms with Crippen molar-refractivity contribution in [1.82, 2.24) is 0 Å². The van der Waals surface area contributed by atoms with E-state index in [-0.39, 0.29) is 18.1 Å². The van der Waals surface area contributed by atoms with Crippen molar-refractivity contribution in [3.8, 4) is 0 Å². The summed E-state index contributed by atoms with van der Waals surface area (Å²) in [4.78, 5) is 11.7. The second-order valence-electron chi connectivity index (χ2n) is 4.01. The molecule has 2 N–H and O–H groups in total. The highest BCUT2D eigenvalue weighted by atomic mass is 79.9. The van der Waals surface area contributed by atoms with Gasteiger partial charge in [0.2, 0.25) is 5.91 Å². The maximum atomic E-state index is 13.3. The number of carbonyl (C=O) groups excluding carboxylic acids is 1. The van der Waals surface area contributed by atoms with Crippen LogP contribution in [0.1, 0.15) is 0 Å². The summed E-state index contributed by atoms with van der Waals surface area (Å²) in [6.07, 6.45) is 0. The molecular formula is C14H11BrF2N2O. The van der Waals surface area contributed by atoms with Gasteiger partial charge in [0, 0.05) is 10.2 Å². The van der Waals surface area contributed by atoms with E-state index in [4.69, 9.17) is 0 Å². The number of nitrogens with one attached hydrogen (secondary N) is 2. The van der Waals surface area contributed by atoms with Crippen LogP contribution in [-0.2, 0) is 4.79 Å². The summed E-state index contributed by atoms with van der Waals surface area (Å²) in [6.45, 7) is -0.156. The fraction of sp³-hybridized carbons (Fsp3) is 0.0714. The molecule has 0 aliphatic carbocycles. The summed E-state index contributed by atoms with van der Waals surface area (Å²) < 4.78 is 27.2. The highest BCUT2D eigenvalue weighted by molar-refractivity contribution is 9.10. The molecule has 2 aromatic rings. The monoisotopic (exact) mass is 340 g/mol. The minimum atomic E-state index is -0.996. The fourth-order valence-electron chi connectivity index (χ4n) is 1.55. The summed E-state index contributed by atoms with van der Waals surface area (Å²) >= 11 is 3.29. The number of halogens is 3. The Hall–Kier alpha value is -1.95. The summed E-state index contributed by atoms with van der Waals surface area (Å²) in [7, 11) is 0. The summed E-state index contributed by atoms with van der Waals surface area (Å²) in [6, 6.07) is 10.8. The van der Waals surface area contributed by atoms with Gasteiger partial charge in [-0.05, 0) is 36.4 Å². The predicted molar refractivity (Wildman–Crippen MR) is 77.6 cm³/mol. The minimum absolute atomic E-state index is 0.0454. The van der Waals surface area contributed by atoms with Crippen molar-refractivity contribution < 1.29 is 13.6 Å². The molecule has 104 valence electrons. The molecule has 20 heavy (non-hydrogen) atoms. The molecular weight excluding hydrogens is 330 g/mol. The van der Waals surface area contributed by atoms with Crippen molar-refractivity contribution >= 4 is 33.2 Å². The largest absolute Gasteiger partial charge is 0.374 e. The van der Waals surface area contributed by atoms with Crippen LogP contribution in [0.4, 0.5) is 20.2 Å². The lowest BCUT2D eigenvalue weighted by Gasteiger charge is -2.09. The Kier molecular flexibility index (Phi) is 4.68. The van der Waals surface area contributed by atoms with Crippen molar-refractivity contribution in [3.63, 3.8) is 0 Å². The molecule has 0 spiro atoms. The molecule has 0 radical (unpaired) electrons. The van der Waals surface area contributed by atoms with Gasteiger partial charge in [-0.25, -0.2) is 8.78 Å². The Bertz CT molecular complexity index is 617. The number of carbonyl (C=O) groups is 1. The van der Waals surface area contributed by atoms with E-state index in [0.717, 1.165) is 10.5 Å². The van der Waals surface area contributed by atoms with Crippen molar-refractivity contribution in [2.75, 3.05) is 17.2 Å². The SMILES string of the molecule is O=C(CNc1cccc(F)c1F)Nc1ccc(Br)cc1. The number of hydrogen-bond acceptors (Lipinski definition) is 2. The summed E-state index contributed by atoms with van der Waals surface area (Å²) in [5.41, 5.74) is 0.579. The smallest absolute Gasteiger partial charge is 0.243 e. The molecule has 0 heterocycles. The van der Waals surface area contributed by atoms with Crippen LogP contribution < -0.4 is 10.6 Å². The van der Waals surface area contributed by atoms with E-state index in [1.807, 2.05) is 0 Å². The van der Waals surface area contributed by atoms with Crippen LogP contribution in [0.3, 0.4) is 0 Å². The molecule has 0 unspecified atom stereocenters. The van der Waals surface area contributed by atoms with Crippen LogP contribution >= 0.6 is 15.9 Å². The van der Waals surface area contributed by atoms with Crippen molar-refractivity contribution in [2.24, 2.45) is 0 Å². The first-order valence-electron chi connectivity index (χ1n) is 5.79. The zero-order valence-corrected chi connectivity index (χ0v) is 11.9. The van der Waals surface area contributed by atoms with Gasteiger partial charge in [-0.1, -0.05) is 22.0 Å². The molecule has 6 heteroatoms. The lowest BCUT2D eigenvalue weighted by molar-refractivity contribution is -0.114. The molecule has 0 bridgehead atoms. The van der Waals surface area contributed by atoms with Gasteiger partial charge < -0.3 is 10.6 Å². The number of amides is 1. The zero-order valence-electron chi connectivity index (χ0n) is 10.3. The average molecular weight is 341 g/mol. The lowest BCUT2D eigenvalue weighted by atomic mass is 10.3. The van der Waals surface area contributed by atoms with Gasteiger partial charge in [-0.2, -0.15) is 0 Å². The number of rotatable bonds is 4. The van der Waals surface area contributed by atoms with Crippen LogP contribution in [-0.4, -0.2) is 12.5 Å². The first kappa shape index (κ1) is 14.5. The van der Waals surface area contributed by atoms with E-state index in [9.17, 15) is 13.6 Å². The molecule has 0 saturated heterocycles. The molecule has 1 amide bonds. The van der Waals surface area contributed by atoms with Gasteiger partial charge in [0.05, 0.1) is 12.2 Å². The molecule has 0 fully saturated rings. The molecule has 3 nitrogen and oxygen atoms in total. The second-order valence-corrected chi connectivity index (χ2v) is 4.93. The Morgan fingerprint density at radius 2 is 1.80 bits per heavy atom. The zero-order chi connectivity index (χ0) is 14.5. The molecule has 0 aliphatic heterocycles. The average Bonchev–Trinajstić information content (AvgIpc) is 2.43. The van der Waals surface area contributed by atoms with Crippen molar-refractivity contribution in [3.05, 3.63) is 58.6 Å². The van der Waals surface area contributed by atoms with E-state index in [1.165, 1.54) is 12.1 Å². The number of anilines is 2. The lowest BCUT2D eigenvalue weighted by Crippen LogP contribution is -2.22. The van der Waals surface area contributed by atoms with Crippen LogP contribution in [0.2, 0.25) is 0 Å². The Morgan fingerprint density at radius 3 is 2.50 bits per heavy atom. The topological polar surface area (TPSA) is 41.1 Å².